The number of nitrogens with one attached hydrogen (secondary N) is 1. The molecule has 0 aliphatic carbocycles. The van der Waals surface area contributed by atoms with E-state index in [9.17, 15) is 19.8 Å². The first-order chi connectivity index (χ1) is 35.5. The molecule has 2 atom stereocenters. The van der Waals surface area contributed by atoms with Crippen molar-refractivity contribution in [3.8, 4) is 0 Å². The minimum atomic E-state index is -0.677. The summed E-state index contributed by atoms with van der Waals surface area (Å²) in [6.45, 7) is 4.91. The first-order valence-corrected chi connectivity index (χ1v) is 31.9. The SMILES string of the molecule is CCCCCC/C=C\C/C=C\CCCCCCCCCC(=O)OCCCCC/C=C\C/C=C\CCCCCCCCCC(=O)NC(CO)C(O)CCCCCCCCCCCCCCCCCCCCCC. The second-order valence-corrected chi connectivity index (χ2v) is 21.7. The van der Waals surface area contributed by atoms with Crippen molar-refractivity contribution in [3.63, 3.8) is 0 Å². The van der Waals surface area contributed by atoms with Gasteiger partial charge in [-0.2, -0.15) is 0 Å². The van der Waals surface area contributed by atoms with Crippen molar-refractivity contribution in [1.82, 2.24) is 5.32 Å². The first-order valence-electron chi connectivity index (χ1n) is 31.9. The molecule has 0 aromatic rings. The molecule has 2 unspecified atom stereocenters. The number of aliphatic hydroxyl groups is 2. The number of unbranched alkanes of at least 4 members (excludes halogenated alkanes) is 40. The fraction of sp³-hybridized carbons (Fsp3) is 0.848. The first kappa shape index (κ1) is 69.8. The molecule has 6 heteroatoms. The lowest BCUT2D eigenvalue weighted by Crippen LogP contribution is -2.45. The standard InChI is InChI=1S/C66H123NO5/c1-3-5-7-9-11-13-15-17-19-21-23-24-26-30-34-38-42-46-50-54-58-64(69)63(62-68)67-65(70)59-55-51-47-43-39-35-31-27-25-29-33-37-41-45-49-53-57-61-72-66(71)60-56-52-48-44-40-36-32-28-22-20-18-16-14-12-10-8-6-4-2/h14,16,20,22,25,29,37,41,63-64,68-69H,3-13,15,17-19,21,23-24,26-28,30-36,38-40,42-62H2,1-2H3,(H,67,70)/b16-14-,22-20-,29-25-,41-37-. The van der Waals surface area contributed by atoms with E-state index in [-0.39, 0.29) is 18.5 Å². The summed E-state index contributed by atoms with van der Waals surface area (Å²) in [5.41, 5.74) is 0. The summed E-state index contributed by atoms with van der Waals surface area (Å²) in [6, 6.07) is -0.556. The largest absolute Gasteiger partial charge is 0.466 e. The van der Waals surface area contributed by atoms with Crippen LogP contribution in [0.1, 0.15) is 335 Å². The number of allylic oxidation sites excluding steroid dienone is 8. The number of esters is 1. The minimum Gasteiger partial charge on any atom is -0.466 e. The number of carbonyl (C=O) groups excluding carboxylic acids is 2. The highest BCUT2D eigenvalue weighted by Gasteiger charge is 2.20. The van der Waals surface area contributed by atoms with E-state index in [1.54, 1.807) is 0 Å². The van der Waals surface area contributed by atoms with Crippen LogP contribution in [0.5, 0.6) is 0 Å². The molecule has 0 heterocycles. The van der Waals surface area contributed by atoms with E-state index in [1.165, 1.54) is 212 Å². The van der Waals surface area contributed by atoms with Crippen molar-refractivity contribution >= 4 is 11.9 Å². The van der Waals surface area contributed by atoms with Gasteiger partial charge in [0.05, 0.1) is 25.4 Å². The Hall–Kier alpha value is -2.18. The zero-order valence-electron chi connectivity index (χ0n) is 48.2. The van der Waals surface area contributed by atoms with E-state index in [4.69, 9.17) is 4.74 Å². The number of hydrogen-bond donors (Lipinski definition) is 3. The zero-order chi connectivity index (χ0) is 52.2. The second-order valence-electron chi connectivity index (χ2n) is 21.7. The molecule has 0 spiro atoms. The molecule has 0 radical (unpaired) electrons. The van der Waals surface area contributed by atoms with Crippen LogP contribution in [0, 0.1) is 0 Å². The third-order valence-corrected chi connectivity index (χ3v) is 14.6. The van der Waals surface area contributed by atoms with E-state index in [0.29, 0.717) is 25.9 Å². The maximum atomic E-state index is 12.5. The second kappa shape index (κ2) is 61.4. The van der Waals surface area contributed by atoms with Crippen LogP contribution in [-0.2, 0) is 14.3 Å². The highest BCUT2D eigenvalue weighted by molar-refractivity contribution is 5.76. The predicted molar refractivity (Wildman–Crippen MR) is 315 cm³/mol. The Bertz CT molecular complexity index is 1210. The van der Waals surface area contributed by atoms with E-state index in [0.717, 1.165) is 89.9 Å². The molecule has 0 aromatic carbocycles. The molecule has 0 rings (SSSR count). The molecule has 0 bridgehead atoms. The Morgan fingerprint density at radius 3 is 1.07 bits per heavy atom. The molecule has 0 aromatic heterocycles. The molecule has 0 saturated heterocycles. The lowest BCUT2D eigenvalue weighted by molar-refractivity contribution is -0.143. The molecule has 0 fully saturated rings. The van der Waals surface area contributed by atoms with Gasteiger partial charge in [0.15, 0.2) is 0 Å². The van der Waals surface area contributed by atoms with Crippen LogP contribution in [0.2, 0.25) is 0 Å². The van der Waals surface area contributed by atoms with Crippen LogP contribution < -0.4 is 5.32 Å². The third-order valence-electron chi connectivity index (χ3n) is 14.6. The van der Waals surface area contributed by atoms with Gasteiger partial charge < -0.3 is 20.3 Å². The molecule has 0 saturated carbocycles. The summed E-state index contributed by atoms with van der Waals surface area (Å²) in [5.74, 6) is -0.0719. The Balaban J connectivity index is 3.49. The van der Waals surface area contributed by atoms with Crippen molar-refractivity contribution in [3.05, 3.63) is 48.6 Å². The smallest absolute Gasteiger partial charge is 0.305 e. The van der Waals surface area contributed by atoms with Gasteiger partial charge >= 0.3 is 5.97 Å². The lowest BCUT2D eigenvalue weighted by atomic mass is 10.0. The summed E-state index contributed by atoms with van der Waals surface area (Å²) in [4.78, 5) is 24.6. The molecule has 422 valence electrons. The van der Waals surface area contributed by atoms with Crippen molar-refractivity contribution in [1.29, 1.82) is 0 Å². The number of aliphatic hydroxyl groups excluding tert-OH is 2. The molecule has 0 aliphatic rings. The zero-order valence-corrected chi connectivity index (χ0v) is 48.2. The van der Waals surface area contributed by atoms with Gasteiger partial charge in [-0.25, -0.2) is 0 Å². The van der Waals surface area contributed by atoms with Crippen LogP contribution in [0.15, 0.2) is 48.6 Å². The van der Waals surface area contributed by atoms with Gasteiger partial charge in [-0.1, -0.05) is 274 Å². The van der Waals surface area contributed by atoms with E-state index >= 15 is 0 Å². The summed E-state index contributed by atoms with van der Waals surface area (Å²) in [7, 11) is 0. The molecule has 3 N–H and O–H groups in total. The molecular formula is C66H123NO5. The third kappa shape index (κ3) is 57.1. The Kier molecular flexibility index (Phi) is 59.5. The maximum absolute atomic E-state index is 12.5. The van der Waals surface area contributed by atoms with Crippen LogP contribution in [-0.4, -0.2) is 47.4 Å². The maximum Gasteiger partial charge on any atom is 0.305 e. The topological polar surface area (TPSA) is 95.9 Å². The number of amides is 1. The molecule has 0 aliphatic heterocycles. The molecule has 72 heavy (non-hydrogen) atoms. The average Bonchev–Trinajstić information content (AvgIpc) is 3.38. The number of rotatable bonds is 59. The van der Waals surface area contributed by atoms with Crippen LogP contribution >= 0.6 is 0 Å². The van der Waals surface area contributed by atoms with Gasteiger partial charge in [-0.05, 0) is 96.3 Å². The van der Waals surface area contributed by atoms with Crippen LogP contribution in [0.4, 0.5) is 0 Å². The number of ether oxygens (including phenoxy) is 1. The Morgan fingerprint density at radius 1 is 0.389 bits per heavy atom. The fourth-order valence-corrected chi connectivity index (χ4v) is 9.70. The molecule has 1 amide bonds. The quantitative estimate of drug-likeness (QED) is 0.0320. The summed E-state index contributed by atoms with van der Waals surface area (Å²) >= 11 is 0. The monoisotopic (exact) mass is 1010 g/mol. The minimum absolute atomic E-state index is 0.0226. The van der Waals surface area contributed by atoms with Gasteiger partial charge in [0.25, 0.3) is 0 Å². The van der Waals surface area contributed by atoms with Crippen LogP contribution in [0.25, 0.3) is 0 Å². The van der Waals surface area contributed by atoms with Gasteiger partial charge in [0, 0.05) is 12.8 Å². The fourth-order valence-electron chi connectivity index (χ4n) is 9.70. The van der Waals surface area contributed by atoms with E-state index < -0.39 is 12.1 Å². The van der Waals surface area contributed by atoms with Crippen molar-refractivity contribution in [2.75, 3.05) is 13.2 Å². The number of carbonyl (C=O) groups is 2. The van der Waals surface area contributed by atoms with E-state index in [2.05, 4.69) is 67.8 Å². The van der Waals surface area contributed by atoms with Gasteiger partial charge in [0.1, 0.15) is 0 Å². The van der Waals surface area contributed by atoms with Crippen molar-refractivity contribution in [2.24, 2.45) is 0 Å². The average molecular weight is 1010 g/mol. The van der Waals surface area contributed by atoms with Crippen molar-refractivity contribution in [2.45, 2.75) is 347 Å². The van der Waals surface area contributed by atoms with Crippen molar-refractivity contribution < 1.29 is 24.5 Å². The highest BCUT2D eigenvalue weighted by atomic mass is 16.5. The summed E-state index contributed by atoms with van der Waals surface area (Å²) in [6.07, 6.45) is 78.3. The number of hydrogen-bond acceptors (Lipinski definition) is 5. The van der Waals surface area contributed by atoms with Gasteiger partial charge in [-0.15, -0.1) is 0 Å². The van der Waals surface area contributed by atoms with E-state index in [1.807, 2.05) is 0 Å². The molecule has 6 nitrogen and oxygen atoms in total. The summed E-state index contributed by atoms with van der Waals surface area (Å²) < 4.78 is 5.46. The lowest BCUT2D eigenvalue weighted by Gasteiger charge is -2.22. The summed E-state index contributed by atoms with van der Waals surface area (Å²) in [5, 5.41) is 23.4. The van der Waals surface area contributed by atoms with Crippen LogP contribution in [0.3, 0.4) is 0 Å². The Morgan fingerprint density at radius 2 is 0.694 bits per heavy atom. The Labute approximate surface area is 448 Å². The highest BCUT2D eigenvalue weighted by Crippen LogP contribution is 2.17. The predicted octanol–water partition coefficient (Wildman–Crippen LogP) is 20.1. The van der Waals surface area contributed by atoms with Gasteiger partial charge in [0.2, 0.25) is 5.91 Å². The normalized spacial score (nSPS) is 12.9. The van der Waals surface area contributed by atoms with Gasteiger partial charge in [-0.3, -0.25) is 9.59 Å². The molecular weight excluding hydrogens is 887 g/mol.